The molecule has 2 N–H and O–H groups in total. The molecule has 1 heterocycles. The Morgan fingerprint density at radius 1 is 1.35 bits per heavy atom. The Morgan fingerprint density at radius 2 is 2.18 bits per heavy atom. The van der Waals surface area contributed by atoms with Gasteiger partial charge < -0.3 is 10.5 Å². The van der Waals surface area contributed by atoms with Crippen molar-refractivity contribution < 1.29 is 9.13 Å². The van der Waals surface area contributed by atoms with Crippen molar-refractivity contribution in [3.8, 4) is 11.6 Å². The molecule has 2 rings (SSSR count). The van der Waals surface area contributed by atoms with Gasteiger partial charge in [0, 0.05) is 24.4 Å². The van der Waals surface area contributed by atoms with Crippen molar-refractivity contribution in [3.63, 3.8) is 0 Å². The molecule has 0 saturated heterocycles. The van der Waals surface area contributed by atoms with Gasteiger partial charge in [-0.15, -0.1) is 0 Å². The molecule has 5 heteroatoms. The Morgan fingerprint density at radius 3 is 2.88 bits per heavy atom. The van der Waals surface area contributed by atoms with Gasteiger partial charge in [-0.1, -0.05) is 6.07 Å². The van der Waals surface area contributed by atoms with E-state index in [-0.39, 0.29) is 5.82 Å². The Hall–Kier alpha value is -1.46. The largest absolute Gasteiger partial charge is 0.439 e. The summed E-state index contributed by atoms with van der Waals surface area (Å²) in [5.74, 6) is 0.406. The van der Waals surface area contributed by atoms with E-state index in [2.05, 4.69) is 20.9 Å². The normalized spacial score (nSPS) is 10.3. The van der Waals surface area contributed by atoms with Crippen LogP contribution < -0.4 is 10.5 Å². The van der Waals surface area contributed by atoms with E-state index in [1.165, 1.54) is 6.07 Å². The van der Waals surface area contributed by atoms with Crippen LogP contribution in [0.4, 0.5) is 4.39 Å². The molecule has 2 aromatic rings. The van der Waals surface area contributed by atoms with Crippen molar-refractivity contribution in [2.75, 3.05) is 0 Å². The molecule has 0 atom stereocenters. The van der Waals surface area contributed by atoms with Gasteiger partial charge in [0.1, 0.15) is 11.6 Å². The maximum absolute atomic E-state index is 13.3. The van der Waals surface area contributed by atoms with E-state index in [1.54, 1.807) is 24.4 Å². The van der Waals surface area contributed by atoms with Crippen molar-refractivity contribution in [2.24, 2.45) is 5.73 Å². The molecule has 17 heavy (non-hydrogen) atoms. The minimum Gasteiger partial charge on any atom is -0.439 e. The topological polar surface area (TPSA) is 48.1 Å². The summed E-state index contributed by atoms with van der Waals surface area (Å²) in [5.41, 5.74) is 6.33. The van der Waals surface area contributed by atoms with E-state index in [1.807, 2.05) is 6.07 Å². The zero-order valence-electron chi connectivity index (χ0n) is 8.86. The van der Waals surface area contributed by atoms with E-state index in [4.69, 9.17) is 10.5 Å². The molecule has 0 amide bonds. The van der Waals surface area contributed by atoms with E-state index in [0.717, 1.165) is 5.56 Å². The maximum Gasteiger partial charge on any atom is 0.223 e. The Bertz CT molecular complexity index is 534. The molecular formula is C12H10BrFN2O. The van der Waals surface area contributed by atoms with Gasteiger partial charge in [0.25, 0.3) is 0 Å². The number of nitrogens with two attached hydrogens (primary N) is 1. The first-order valence-corrected chi connectivity index (χ1v) is 5.77. The van der Waals surface area contributed by atoms with Gasteiger partial charge in [0.05, 0.1) is 4.47 Å². The third kappa shape index (κ3) is 2.81. The number of nitrogens with zero attached hydrogens (tertiary/aromatic N) is 1. The van der Waals surface area contributed by atoms with Crippen LogP contribution in [0.5, 0.6) is 11.6 Å². The van der Waals surface area contributed by atoms with Crippen molar-refractivity contribution in [1.82, 2.24) is 4.98 Å². The van der Waals surface area contributed by atoms with Gasteiger partial charge in [0.2, 0.25) is 5.88 Å². The van der Waals surface area contributed by atoms with Crippen LogP contribution in [0.3, 0.4) is 0 Å². The average Bonchev–Trinajstić information content (AvgIpc) is 2.34. The molecular weight excluding hydrogens is 287 g/mol. The SMILES string of the molecule is NCc1cccnc1Oc1ccc(Br)c(F)c1. The lowest BCUT2D eigenvalue weighted by atomic mass is 10.3. The molecule has 0 radical (unpaired) electrons. The van der Waals surface area contributed by atoms with Crippen molar-refractivity contribution in [2.45, 2.75) is 6.54 Å². The zero-order valence-corrected chi connectivity index (χ0v) is 10.4. The first-order valence-electron chi connectivity index (χ1n) is 4.97. The lowest BCUT2D eigenvalue weighted by Crippen LogP contribution is -2.00. The standard InChI is InChI=1S/C12H10BrFN2O/c13-10-4-3-9(6-11(10)14)17-12-8(7-15)2-1-5-16-12/h1-6H,7,15H2. The van der Waals surface area contributed by atoms with Gasteiger partial charge in [-0.2, -0.15) is 0 Å². The van der Waals surface area contributed by atoms with E-state index in [0.29, 0.717) is 22.6 Å². The number of pyridine rings is 1. The Balaban J connectivity index is 2.28. The lowest BCUT2D eigenvalue weighted by Gasteiger charge is -2.08. The van der Waals surface area contributed by atoms with Gasteiger partial charge in [-0.25, -0.2) is 9.37 Å². The second-order valence-electron chi connectivity index (χ2n) is 3.35. The van der Waals surface area contributed by atoms with Gasteiger partial charge in [-0.3, -0.25) is 0 Å². The van der Waals surface area contributed by atoms with Crippen LogP contribution >= 0.6 is 15.9 Å². The molecule has 1 aromatic heterocycles. The van der Waals surface area contributed by atoms with Crippen LogP contribution in [0.25, 0.3) is 0 Å². The number of halogens is 2. The monoisotopic (exact) mass is 296 g/mol. The number of hydrogen-bond acceptors (Lipinski definition) is 3. The van der Waals surface area contributed by atoms with Crippen molar-refractivity contribution >= 4 is 15.9 Å². The molecule has 0 spiro atoms. The molecule has 0 aliphatic rings. The second-order valence-corrected chi connectivity index (χ2v) is 4.20. The highest BCUT2D eigenvalue weighted by Crippen LogP contribution is 2.26. The number of aromatic nitrogens is 1. The van der Waals surface area contributed by atoms with Crippen LogP contribution in [-0.2, 0) is 6.54 Å². The molecule has 0 bridgehead atoms. The number of benzene rings is 1. The third-order valence-corrected chi connectivity index (χ3v) is 2.82. The van der Waals surface area contributed by atoms with Crippen molar-refractivity contribution in [1.29, 1.82) is 0 Å². The summed E-state index contributed by atoms with van der Waals surface area (Å²) < 4.78 is 19.2. The quantitative estimate of drug-likeness (QED) is 0.946. The highest BCUT2D eigenvalue weighted by atomic mass is 79.9. The molecule has 88 valence electrons. The maximum atomic E-state index is 13.3. The molecule has 0 unspecified atom stereocenters. The fourth-order valence-corrected chi connectivity index (χ4v) is 1.57. The molecule has 0 aliphatic heterocycles. The number of ether oxygens (including phenoxy) is 1. The average molecular weight is 297 g/mol. The third-order valence-electron chi connectivity index (χ3n) is 2.18. The van der Waals surface area contributed by atoms with E-state index >= 15 is 0 Å². The molecule has 0 saturated carbocycles. The summed E-state index contributed by atoms with van der Waals surface area (Å²) in [6.45, 7) is 0.322. The summed E-state index contributed by atoms with van der Waals surface area (Å²) in [7, 11) is 0. The second kappa shape index (κ2) is 5.25. The minimum atomic E-state index is -0.382. The predicted molar refractivity (Wildman–Crippen MR) is 66.3 cm³/mol. The fourth-order valence-electron chi connectivity index (χ4n) is 1.32. The van der Waals surface area contributed by atoms with E-state index in [9.17, 15) is 4.39 Å². The highest BCUT2D eigenvalue weighted by molar-refractivity contribution is 9.10. The zero-order chi connectivity index (χ0) is 12.3. The van der Waals surface area contributed by atoms with Gasteiger partial charge in [0.15, 0.2) is 0 Å². The van der Waals surface area contributed by atoms with Crippen LogP contribution in [0.1, 0.15) is 5.56 Å². The fraction of sp³-hybridized carbons (Fsp3) is 0.0833. The summed E-state index contributed by atoms with van der Waals surface area (Å²) in [4.78, 5) is 4.06. The van der Waals surface area contributed by atoms with Crippen LogP contribution in [-0.4, -0.2) is 4.98 Å². The summed E-state index contributed by atoms with van der Waals surface area (Å²) in [6, 6.07) is 8.12. The summed E-state index contributed by atoms with van der Waals surface area (Å²) in [5, 5.41) is 0. The summed E-state index contributed by atoms with van der Waals surface area (Å²) >= 11 is 3.08. The van der Waals surface area contributed by atoms with E-state index < -0.39 is 0 Å². The highest BCUT2D eigenvalue weighted by Gasteiger charge is 2.06. The first kappa shape index (κ1) is 12.0. The lowest BCUT2D eigenvalue weighted by molar-refractivity contribution is 0.451. The van der Waals surface area contributed by atoms with Gasteiger partial charge in [-0.05, 0) is 34.1 Å². The van der Waals surface area contributed by atoms with Crippen LogP contribution in [0.15, 0.2) is 41.0 Å². The molecule has 0 fully saturated rings. The molecule has 3 nitrogen and oxygen atoms in total. The van der Waals surface area contributed by atoms with Crippen LogP contribution in [0.2, 0.25) is 0 Å². The predicted octanol–water partition coefficient (Wildman–Crippen LogP) is 3.23. The smallest absolute Gasteiger partial charge is 0.223 e. The van der Waals surface area contributed by atoms with Crippen LogP contribution in [0, 0.1) is 5.82 Å². The molecule has 0 aliphatic carbocycles. The number of rotatable bonds is 3. The Kier molecular flexibility index (Phi) is 3.71. The minimum absolute atomic E-state index is 0.322. The Labute approximate surface area is 107 Å². The first-order chi connectivity index (χ1) is 8.20. The summed E-state index contributed by atoms with van der Waals surface area (Å²) in [6.07, 6.45) is 1.60. The van der Waals surface area contributed by atoms with Crippen molar-refractivity contribution in [3.05, 3.63) is 52.4 Å². The van der Waals surface area contributed by atoms with Gasteiger partial charge >= 0.3 is 0 Å². The number of hydrogen-bond donors (Lipinski definition) is 1. The molecule has 1 aromatic carbocycles.